The predicted octanol–water partition coefficient (Wildman–Crippen LogP) is 0.883. The number of carbonyl (C=O) groups is 3. The molecule has 2 aliphatic rings. The molecule has 140 valence electrons. The first kappa shape index (κ1) is 18.7. The van der Waals surface area contributed by atoms with Crippen molar-refractivity contribution < 1.29 is 23.9 Å². The SMILES string of the molecule is COCCNC(=O)COC(=O)[C@H]1CS[C@@]2(c3ccccc3)CCC(=O)N12. The summed E-state index contributed by atoms with van der Waals surface area (Å²) >= 11 is 1.59. The molecule has 2 aliphatic heterocycles. The minimum atomic E-state index is -0.665. The standard InChI is InChI=1S/C18H22N2O5S/c1-24-10-9-19-15(21)11-25-17(23)14-12-26-18(8-7-16(22)20(14)18)13-5-3-2-4-6-13/h2-6,14H,7-12H2,1H3,(H,19,21)/t14-,18-/m1/s1. The van der Waals surface area contributed by atoms with Crippen molar-refractivity contribution in [3.05, 3.63) is 35.9 Å². The number of esters is 1. The number of nitrogens with one attached hydrogen (secondary N) is 1. The second kappa shape index (κ2) is 8.09. The molecule has 1 aromatic rings. The van der Waals surface area contributed by atoms with E-state index in [1.54, 1.807) is 16.7 Å². The molecule has 0 radical (unpaired) electrons. The Morgan fingerprint density at radius 2 is 2.12 bits per heavy atom. The number of methoxy groups -OCH3 is 1. The summed E-state index contributed by atoms with van der Waals surface area (Å²) < 4.78 is 10.00. The highest BCUT2D eigenvalue weighted by atomic mass is 32.2. The fourth-order valence-electron chi connectivity index (χ4n) is 3.39. The average Bonchev–Trinajstić information content (AvgIpc) is 3.20. The maximum atomic E-state index is 12.5. The van der Waals surface area contributed by atoms with Gasteiger partial charge in [0, 0.05) is 25.8 Å². The molecular weight excluding hydrogens is 356 g/mol. The predicted molar refractivity (Wildman–Crippen MR) is 96.3 cm³/mol. The summed E-state index contributed by atoms with van der Waals surface area (Å²) in [5.41, 5.74) is 1.02. The topological polar surface area (TPSA) is 84.9 Å². The Labute approximate surface area is 156 Å². The lowest BCUT2D eigenvalue weighted by atomic mass is 10.0. The Morgan fingerprint density at radius 1 is 1.35 bits per heavy atom. The quantitative estimate of drug-likeness (QED) is 0.560. The maximum absolute atomic E-state index is 12.5. The molecule has 2 amide bonds. The lowest BCUT2D eigenvalue weighted by Crippen LogP contribution is -2.47. The van der Waals surface area contributed by atoms with Crippen molar-refractivity contribution in [2.24, 2.45) is 0 Å². The molecule has 0 unspecified atom stereocenters. The van der Waals surface area contributed by atoms with Crippen LogP contribution in [0.4, 0.5) is 0 Å². The van der Waals surface area contributed by atoms with Crippen molar-refractivity contribution in [3.63, 3.8) is 0 Å². The summed E-state index contributed by atoms with van der Waals surface area (Å²) in [6.45, 7) is 0.388. The van der Waals surface area contributed by atoms with Gasteiger partial charge in [-0.1, -0.05) is 30.3 Å². The Bertz CT molecular complexity index is 683. The van der Waals surface area contributed by atoms with Crippen molar-refractivity contribution in [1.29, 1.82) is 0 Å². The van der Waals surface area contributed by atoms with Crippen LogP contribution >= 0.6 is 11.8 Å². The molecule has 0 spiro atoms. The van der Waals surface area contributed by atoms with Crippen molar-refractivity contribution in [1.82, 2.24) is 10.2 Å². The largest absolute Gasteiger partial charge is 0.454 e. The summed E-state index contributed by atoms with van der Waals surface area (Å²) in [5.74, 6) is -0.508. The number of carbonyl (C=O) groups excluding carboxylic acids is 3. The third-order valence-corrected chi connectivity index (χ3v) is 6.19. The highest BCUT2D eigenvalue weighted by Crippen LogP contribution is 2.54. The molecule has 0 aromatic heterocycles. The van der Waals surface area contributed by atoms with Gasteiger partial charge in [-0.25, -0.2) is 4.79 Å². The van der Waals surface area contributed by atoms with Gasteiger partial charge in [-0.15, -0.1) is 11.8 Å². The first-order valence-electron chi connectivity index (χ1n) is 8.52. The molecule has 2 atom stereocenters. The third kappa shape index (κ3) is 3.57. The van der Waals surface area contributed by atoms with E-state index in [-0.39, 0.29) is 18.4 Å². The summed E-state index contributed by atoms with van der Waals surface area (Å²) in [6.07, 6.45) is 1.07. The van der Waals surface area contributed by atoms with Gasteiger partial charge in [0.05, 0.1) is 6.61 Å². The number of hydrogen-bond acceptors (Lipinski definition) is 6. The Hall–Kier alpha value is -2.06. The van der Waals surface area contributed by atoms with Crippen LogP contribution in [0.25, 0.3) is 0 Å². The molecular formula is C18H22N2O5S. The van der Waals surface area contributed by atoms with Gasteiger partial charge in [-0.05, 0) is 12.0 Å². The number of rotatable bonds is 7. The summed E-state index contributed by atoms with van der Waals surface area (Å²) in [4.78, 5) is 37.8. The van der Waals surface area contributed by atoms with Gasteiger partial charge in [0.25, 0.3) is 5.91 Å². The third-order valence-electron chi connectivity index (χ3n) is 4.60. The normalized spacial score (nSPS) is 24.4. The van der Waals surface area contributed by atoms with E-state index in [9.17, 15) is 14.4 Å². The van der Waals surface area contributed by atoms with Gasteiger partial charge in [0.15, 0.2) is 6.61 Å². The molecule has 1 N–H and O–H groups in total. The highest BCUT2D eigenvalue weighted by molar-refractivity contribution is 8.00. The average molecular weight is 378 g/mol. The van der Waals surface area contributed by atoms with Crippen LogP contribution in [0.1, 0.15) is 18.4 Å². The van der Waals surface area contributed by atoms with Crippen molar-refractivity contribution in [2.45, 2.75) is 23.8 Å². The molecule has 2 heterocycles. The number of benzene rings is 1. The van der Waals surface area contributed by atoms with Gasteiger partial charge < -0.3 is 19.7 Å². The number of thioether (sulfide) groups is 1. The highest BCUT2D eigenvalue weighted by Gasteiger charge is 2.57. The Morgan fingerprint density at radius 3 is 2.85 bits per heavy atom. The molecule has 2 saturated heterocycles. The summed E-state index contributed by atoms with van der Waals surface area (Å²) in [6, 6.07) is 9.09. The molecule has 7 nitrogen and oxygen atoms in total. The Balaban J connectivity index is 1.65. The van der Waals surface area contributed by atoms with E-state index >= 15 is 0 Å². The second-order valence-corrected chi connectivity index (χ2v) is 7.49. The van der Waals surface area contributed by atoms with Crippen LogP contribution in [0, 0.1) is 0 Å². The number of nitrogens with zero attached hydrogens (tertiary/aromatic N) is 1. The monoisotopic (exact) mass is 378 g/mol. The van der Waals surface area contributed by atoms with Crippen LogP contribution in [0.3, 0.4) is 0 Å². The summed E-state index contributed by atoms with van der Waals surface area (Å²) in [7, 11) is 1.54. The van der Waals surface area contributed by atoms with Gasteiger partial charge in [0.1, 0.15) is 10.9 Å². The van der Waals surface area contributed by atoms with Crippen LogP contribution in [0.15, 0.2) is 30.3 Å². The molecule has 2 fully saturated rings. The van der Waals surface area contributed by atoms with Crippen molar-refractivity contribution in [3.8, 4) is 0 Å². The molecule has 0 saturated carbocycles. The number of hydrogen-bond donors (Lipinski definition) is 1. The van der Waals surface area contributed by atoms with E-state index in [2.05, 4.69) is 5.32 Å². The maximum Gasteiger partial charge on any atom is 0.330 e. The van der Waals surface area contributed by atoms with Gasteiger partial charge >= 0.3 is 5.97 Å². The lowest BCUT2D eigenvalue weighted by Gasteiger charge is -2.33. The van der Waals surface area contributed by atoms with E-state index in [0.29, 0.717) is 31.7 Å². The molecule has 0 bridgehead atoms. The number of amides is 2. The van der Waals surface area contributed by atoms with E-state index in [0.717, 1.165) is 5.56 Å². The van der Waals surface area contributed by atoms with Gasteiger partial charge in [0.2, 0.25) is 5.91 Å². The second-order valence-electron chi connectivity index (χ2n) is 6.19. The van der Waals surface area contributed by atoms with Gasteiger partial charge in [-0.3, -0.25) is 9.59 Å². The summed E-state index contributed by atoms with van der Waals surface area (Å²) in [5, 5.41) is 2.59. The van der Waals surface area contributed by atoms with Crippen LogP contribution in [0.5, 0.6) is 0 Å². The fourth-order valence-corrected chi connectivity index (χ4v) is 5.03. The number of ether oxygens (including phenoxy) is 2. The molecule has 26 heavy (non-hydrogen) atoms. The smallest absolute Gasteiger partial charge is 0.330 e. The minimum Gasteiger partial charge on any atom is -0.454 e. The van der Waals surface area contributed by atoms with Crippen molar-refractivity contribution >= 4 is 29.5 Å². The van der Waals surface area contributed by atoms with Gasteiger partial charge in [-0.2, -0.15) is 0 Å². The minimum absolute atomic E-state index is 0.0506. The number of fused-ring (bicyclic) bond motifs is 1. The lowest BCUT2D eigenvalue weighted by molar-refractivity contribution is -0.156. The molecule has 8 heteroatoms. The zero-order chi connectivity index (χ0) is 18.6. The van der Waals surface area contributed by atoms with E-state index in [1.165, 1.54) is 7.11 Å². The fraction of sp³-hybridized carbons (Fsp3) is 0.500. The first-order valence-corrected chi connectivity index (χ1v) is 9.51. The van der Waals surface area contributed by atoms with Crippen LogP contribution in [0.2, 0.25) is 0 Å². The van der Waals surface area contributed by atoms with Crippen molar-refractivity contribution in [2.75, 3.05) is 32.6 Å². The van der Waals surface area contributed by atoms with Crippen LogP contribution in [-0.2, 0) is 28.7 Å². The molecule has 3 rings (SSSR count). The van der Waals surface area contributed by atoms with E-state index in [1.807, 2.05) is 30.3 Å². The van der Waals surface area contributed by atoms with E-state index < -0.39 is 16.9 Å². The zero-order valence-corrected chi connectivity index (χ0v) is 15.4. The Kier molecular flexibility index (Phi) is 5.83. The van der Waals surface area contributed by atoms with E-state index in [4.69, 9.17) is 9.47 Å². The molecule has 0 aliphatic carbocycles. The van der Waals surface area contributed by atoms with Crippen LogP contribution in [-0.4, -0.2) is 61.3 Å². The molecule has 1 aromatic carbocycles. The van der Waals surface area contributed by atoms with Crippen LogP contribution < -0.4 is 5.32 Å². The zero-order valence-electron chi connectivity index (χ0n) is 14.6. The first-order chi connectivity index (χ1) is 12.6.